The second-order valence-corrected chi connectivity index (χ2v) is 16.3. The molecule has 3 aromatic carbocycles. The average molecular weight is 663 g/mol. The molecule has 1 aliphatic carbocycles. The van der Waals surface area contributed by atoms with E-state index in [2.05, 4.69) is 124 Å². The number of carbonyl (C=O) groups excluding carboxylic acids is 1. The zero-order chi connectivity index (χ0) is 36.3. The van der Waals surface area contributed by atoms with Crippen LogP contribution in [0, 0.1) is 24.2 Å². The summed E-state index contributed by atoms with van der Waals surface area (Å²) in [6.45, 7) is 30.1. The molecule has 2 atom stereocenters. The van der Waals surface area contributed by atoms with Crippen LogP contribution >= 0.6 is 0 Å². The number of nitrogens with one attached hydrogen (secondary N) is 1. The second-order valence-electron chi connectivity index (χ2n) is 16.3. The summed E-state index contributed by atoms with van der Waals surface area (Å²) in [4.78, 5) is 16.3. The number of aliphatic imine (C=N–C) groups is 1. The van der Waals surface area contributed by atoms with Gasteiger partial charge in [0.05, 0.1) is 17.3 Å². The van der Waals surface area contributed by atoms with Gasteiger partial charge < -0.3 is 9.97 Å². The van der Waals surface area contributed by atoms with Crippen LogP contribution in [-0.2, 0) is 22.3 Å². The van der Waals surface area contributed by atoms with Crippen molar-refractivity contribution in [1.29, 1.82) is 0 Å². The lowest BCUT2D eigenvalue weighted by Gasteiger charge is -2.34. The van der Waals surface area contributed by atoms with E-state index >= 15 is 0 Å². The predicted octanol–water partition coefficient (Wildman–Crippen LogP) is 11.0. The largest absolute Gasteiger partial charge is 0.426 e. The summed E-state index contributed by atoms with van der Waals surface area (Å²) >= 11 is 0. The number of hydrogen-bond donors (Lipinski definition) is 1. The molecule has 1 saturated heterocycles. The van der Waals surface area contributed by atoms with Gasteiger partial charge in [0.25, 0.3) is 0 Å². The summed E-state index contributed by atoms with van der Waals surface area (Å²) in [7, 11) is 0. The molecule has 1 fully saturated rings. The van der Waals surface area contributed by atoms with Crippen LogP contribution in [0.4, 0.5) is 5.69 Å². The summed E-state index contributed by atoms with van der Waals surface area (Å²) in [5.74, 6) is 1.03. The minimum absolute atomic E-state index is 0.0942. The van der Waals surface area contributed by atoms with Crippen LogP contribution in [0.25, 0.3) is 21.9 Å². The highest BCUT2D eigenvalue weighted by atomic mass is 16.5. The van der Waals surface area contributed by atoms with Crippen molar-refractivity contribution in [3.8, 4) is 11.1 Å². The number of unbranched alkanes of at least 4 members (excludes halogenated alkanes) is 1. The fraction of sp³-hybridized carbons (Fsp3) is 0.545. The van der Waals surface area contributed by atoms with E-state index in [1.807, 2.05) is 13.8 Å². The van der Waals surface area contributed by atoms with Gasteiger partial charge in [-0.1, -0.05) is 116 Å². The molecular formula is C44H63BN2O2. The van der Waals surface area contributed by atoms with Crippen molar-refractivity contribution in [2.45, 2.75) is 140 Å². The maximum atomic E-state index is 11.1. The van der Waals surface area contributed by atoms with E-state index < -0.39 is 0 Å². The summed E-state index contributed by atoms with van der Waals surface area (Å²) in [5, 5.41) is 5.59. The van der Waals surface area contributed by atoms with Crippen molar-refractivity contribution in [1.82, 2.24) is 5.32 Å². The van der Waals surface area contributed by atoms with Gasteiger partial charge in [0, 0.05) is 17.5 Å². The van der Waals surface area contributed by atoms with E-state index in [1.165, 1.54) is 69.0 Å². The number of amides is 1. The fourth-order valence-corrected chi connectivity index (χ4v) is 7.37. The summed E-state index contributed by atoms with van der Waals surface area (Å²) in [6.07, 6.45) is 7.47. The van der Waals surface area contributed by atoms with Gasteiger partial charge in [-0.3, -0.25) is 9.79 Å². The van der Waals surface area contributed by atoms with Crippen LogP contribution in [0.15, 0.2) is 59.6 Å². The standard InChI is InChI=1S/C34H44BNO.C10H19NO/c1-9-10-11-22(2)24(4)36-32-23(3)12-15-30-29-16-13-25-20-26(35-21-33(5,6)34(7,8)37-35)14-17-27(25)28(29)18-19-31(30)32;1-6-9(12)11-10(7(2)3)8(4)5/h12,14-15,17-20,22H,9-11,13,16,21H2,1-8H3;8,10H,2,6H2,1,3-5H3,(H,11,12). The Morgan fingerprint density at radius 2 is 1.65 bits per heavy atom. The molecule has 5 heteroatoms. The lowest BCUT2D eigenvalue weighted by atomic mass is 9.54. The Labute approximate surface area is 298 Å². The normalized spacial score (nSPS) is 17.6. The Morgan fingerprint density at radius 3 is 2.24 bits per heavy atom. The molecular weight excluding hydrogens is 599 g/mol. The lowest BCUT2D eigenvalue weighted by Crippen LogP contribution is -2.38. The maximum absolute atomic E-state index is 11.1. The molecule has 0 spiro atoms. The Kier molecular flexibility index (Phi) is 12.5. The number of fused-ring (bicyclic) bond motifs is 5. The molecule has 1 heterocycles. The molecule has 0 radical (unpaired) electrons. The fourth-order valence-electron chi connectivity index (χ4n) is 7.37. The molecule has 1 amide bonds. The molecule has 2 aliphatic rings. The van der Waals surface area contributed by atoms with Crippen LogP contribution in [0.5, 0.6) is 0 Å². The highest BCUT2D eigenvalue weighted by Gasteiger charge is 2.49. The van der Waals surface area contributed by atoms with Gasteiger partial charge in [0.15, 0.2) is 0 Å². The van der Waals surface area contributed by atoms with Crippen molar-refractivity contribution in [2.75, 3.05) is 0 Å². The highest BCUT2D eigenvalue weighted by molar-refractivity contribution is 6.68. The van der Waals surface area contributed by atoms with E-state index in [9.17, 15) is 4.79 Å². The number of aryl methyl sites for hydroxylation is 3. The van der Waals surface area contributed by atoms with Crippen molar-refractivity contribution in [3.05, 3.63) is 71.3 Å². The third kappa shape index (κ3) is 8.59. The number of hydrogen-bond acceptors (Lipinski definition) is 3. The van der Waals surface area contributed by atoms with Crippen LogP contribution in [0.3, 0.4) is 0 Å². The first-order valence-corrected chi connectivity index (χ1v) is 18.9. The summed E-state index contributed by atoms with van der Waals surface area (Å²) < 4.78 is 6.55. The zero-order valence-electron chi connectivity index (χ0n) is 32.8. The minimum atomic E-state index is -0.108. The first-order chi connectivity index (χ1) is 23.0. The molecule has 1 N–H and O–H groups in total. The smallest absolute Gasteiger partial charge is 0.327 e. The molecule has 0 aromatic heterocycles. The lowest BCUT2D eigenvalue weighted by molar-refractivity contribution is -0.121. The number of nitrogens with zero attached hydrogens (tertiary/aromatic N) is 1. The van der Waals surface area contributed by atoms with Crippen molar-refractivity contribution >= 4 is 40.5 Å². The van der Waals surface area contributed by atoms with Crippen molar-refractivity contribution in [2.24, 2.45) is 22.2 Å². The molecule has 2 unspecified atom stereocenters. The Balaban J connectivity index is 0.000000386. The first kappa shape index (κ1) is 38.6. The van der Waals surface area contributed by atoms with E-state index in [1.54, 1.807) is 0 Å². The van der Waals surface area contributed by atoms with Gasteiger partial charge in [-0.25, -0.2) is 0 Å². The Morgan fingerprint density at radius 1 is 0.980 bits per heavy atom. The summed E-state index contributed by atoms with van der Waals surface area (Å²) in [5.41, 5.74) is 11.8. The van der Waals surface area contributed by atoms with Crippen molar-refractivity contribution < 1.29 is 9.45 Å². The van der Waals surface area contributed by atoms with E-state index in [4.69, 9.17) is 9.65 Å². The van der Waals surface area contributed by atoms with E-state index in [0.717, 1.165) is 30.4 Å². The van der Waals surface area contributed by atoms with Crippen LogP contribution in [-0.4, -0.2) is 30.2 Å². The van der Waals surface area contributed by atoms with E-state index in [0.29, 0.717) is 18.3 Å². The predicted molar refractivity (Wildman–Crippen MR) is 214 cm³/mol. The second kappa shape index (κ2) is 15.8. The quantitative estimate of drug-likeness (QED) is 0.133. The Hall–Kier alpha value is -3.18. The molecule has 264 valence electrons. The maximum Gasteiger partial charge on any atom is 0.327 e. The summed E-state index contributed by atoms with van der Waals surface area (Å²) in [6, 6.07) is 16.5. The molecule has 49 heavy (non-hydrogen) atoms. The number of carbonyl (C=O) groups is 1. The van der Waals surface area contributed by atoms with Gasteiger partial charge in [-0.2, -0.15) is 0 Å². The molecule has 0 bridgehead atoms. The molecule has 4 nitrogen and oxygen atoms in total. The molecule has 1 aliphatic heterocycles. The topological polar surface area (TPSA) is 50.7 Å². The van der Waals surface area contributed by atoms with Gasteiger partial charge >= 0.3 is 6.92 Å². The molecule has 5 rings (SSSR count). The van der Waals surface area contributed by atoms with E-state index in [-0.39, 0.29) is 29.9 Å². The SMILES string of the molecule is C=C(C)C(NC(=O)CC)C(C)C.CCCCC(C)C(C)=Nc1c(C)ccc2c3c(ccc12)-c1ccc(B2CC(C)(C)C(C)(C)O2)cc1CC3. The highest BCUT2D eigenvalue weighted by Crippen LogP contribution is 2.46. The average Bonchev–Trinajstić information content (AvgIpc) is 3.28. The van der Waals surface area contributed by atoms with Crippen molar-refractivity contribution in [3.63, 3.8) is 0 Å². The van der Waals surface area contributed by atoms with Crippen LogP contribution in [0.1, 0.15) is 119 Å². The van der Waals surface area contributed by atoms with Crippen LogP contribution < -0.4 is 10.8 Å². The zero-order valence-corrected chi connectivity index (χ0v) is 32.8. The van der Waals surface area contributed by atoms with Gasteiger partial charge in [-0.15, -0.1) is 0 Å². The number of benzene rings is 3. The number of rotatable bonds is 10. The Bertz CT molecular complexity index is 1680. The minimum Gasteiger partial charge on any atom is -0.426 e. The first-order valence-electron chi connectivity index (χ1n) is 18.9. The molecule has 0 saturated carbocycles. The van der Waals surface area contributed by atoms with Crippen LogP contribution in [0.2, 0.25) is 6.32 Å². The third-order valence-corrected chi connectivity index (χ3v) is 11.5. The van der Waals surface area contributed by atoms with Gasteiger partial charge in [0.1, 0.15) is 0 Å². The van der Waals surface area contributed by atoms with Gasteiger partial charge in [0.2, 0.25) is 5.91 Å². The third-order valence-electron chi connectivity index (χ3n) is 11.5. The molecule has 3 aromatic rings. The monoisotopic (exact) mass is 662 g/mol. The van der Waals surface area contributed by atoms with Gasteiger partial charge in [-0.05, 0) is 116 Å².